The quantitative estimate of drug-likeness (QED) is 0.695. The lowest BCUT2D eigenvalue weighted by Gasteiger charge is -2.35. The molecule has 1 saturated heterocycles. The van der Waals surface area contributed by atoms with Crippen molar-refractivity contribution in [3.63, 3.8) is 0 Å². The van der Waals surface area contributed by atoms with Crippen LogP contribution in [-0.4, -0.2) is 36.5 Å². The van der Waals surface area contributed by atoms with Crippen molar-refractivity contribution in [1.82, 2.24) is 10.2 Å². The van der Waals surface area contributed by atoms with E-state index in [4.69, 9.17) is 0 Å². The predicted molar refractivity (Wildman–Crippen MR) is 60.2 cm³/mol. The first-order chi connectivity index (χ1) is 6.63. The lowest BCUT2D eigenvalue weighted by Crippen LogP contribution is -2.53. The zero-order chi connectivity index (χ0) is 11.1. The number of amides is 1. The van der Waals surface area contributed by atoms with Crippen LogP contribution >= 0.6 is 0 Å². The van der Waals surface area contributed by atoms with Crippen LogP contribution in [0, 0.1) is 5.92 Å². The minimum atomic E-state index is 0.130. The average Bonchev–Trinajstić information content (AvgIpc) is 2.20. The Kier molecular flexibility index (Phi) is 6.54. The van der Waals surface area contributed by atoms with E-state index in [1.165, 1.54) is 0 Å². The Bertz CT molecular complexity index is 169. The minimum Gasteiger partial charge on any atom is -0.337 e. The Morgan fingerprint density at radius 1 is 1.43 bits per heavy atom. The molecule has 1 N–H and O–H groups in total. The Balaban J connectivity index is 0.000000791. The van der Waals surface area contributed by atoms with Gasteiger partial charge in [-0.05, 0) is 6.92 Å². The molecule has 84 valence electrons. The molecule has 1 rings (SSSR count). The summed E-state index contributed by atoms with van der Waals surface area (Å²) in [4.78, 5) is 13.6. The fourth-order valence-electron chi connectivity index (χ4n) is 1.50. The van der Waals surface area contributed by atoms with Gasteiger partial charge in [0.05, 0.1) is 0 Å². The topological polar surface area (TPSA) is 32.3 Å². The van der Waals surface area contributed by atoms with Crippen LogP contribution in [0.3, 0.4) is 0 Å². The van der Waals surface area contributed by atoms with Gasteiger partial charge in [0, 0.05) is 31.6 Å². The number of piperazine rings is 1. The molecule has 14 heavy (non-hydrogen) atoms. The SMILES string of the molecule is CC.CC(C)C(=O)N1CCNC[C@H]1C. The minimum absolute atomic E-state index is 0.130. The third kappa shape index (κ3) is 3.66. The van der Waals surface area contributed by atoms with E-state index < -0.39 is 0 Å². The van der Waals surface area contributed by atoms with Gasteiger partial charge in [0.25, 0.3) is 0 Å². The normalized spacial score (nSPS) is 21.6. The molecule has 0 radical (unpaired) electrons. The summed E-state index contributed by atoms with van der Waals surface area (Å²) in [5, 5.41) is 3.26. The number of carbonyl (C=O) groups excluding carboxylic acids is 1. The molecule has 1 amide bonds. The van der Waals surface area contributed by atoms with Crippen molar-refractivity contribution in [2.45, 2.75) is 40.7 Å². The molecule has 3 nitrogen and oxygen atoms in total. The van der Waals surface area contributed by atoms with Gasteiger partial charge >= 0.3 is 0 Å². The van der Waals surface area contributed by atoms with Crippen molar-refractivity contribution in [3.8, 4) is 0 Å². The van der Waals surface area contributed by atoms with Crippen LogP contribution in [0.15, 0.2) is 0 Å². The second-order valence-electron chi connectivity index (χ2n) is 3.74. The monoisotopic (exact) mass is 200 g/mol. The van der Waals surface area contributed by atoms with Crippen LogP contribution < -0.4 is 5.32 Å². The van der Waals surface area contributed by atoms with Crippen LogP contribution in [0.25, 0.3) is 0 Å². The first-order valence-electron chi connectivity index (χ1n) is 5.64. The average molecular weight is 200 g/mol. The van der Waals surface area contributed by atoms with E-state index in [0.29, 0.717) is 6.04 Å². The van der Waals surface area contributed by atoms with Gasteiger partial charge in [0.15, 0.2) is 0 Å². The van der Waals surface area contributed by atoms with E-state index in [1.807, 2.05) is 32.6 Å². The fraction of sp³-hybridized carbons (Fsp3) is 0.909. The number of hydrogen-bond acceptors (Lipinski definition) is 2. The van der Waals surface area contributed by atoms with Crippen LogP contribution in [0.2, 0.25) is 0 Å². The van der Waals surface area contributed by atoms with E-state index >= 15 is 0 Å². The fourth-order valence-corrected chi connectivity index (χ4v) is 1.50. The lowest BCUT2D eigenvalue weighted by atomic mass is 10.1. The molecule has 0 saturated carbocycles. The van der Waals surface area contributed by atoms with Crippen molar-refractivity contribution in [2.75, 3.05) is 19.6 Å². The Hall–Kier alpha value is -0.570. The van der Waals surface area contributed by atoms with Crippen LogP contribution in [0.5, 0.6) is 0 Å². The first kappa shape index (κ1) is 13.4. The summed E-state index contributed by atoms with van der Waals surface area (Å²) in [6.45, 7) is 12.7. The number of rotatable bonds is 1. The smallest absolute Gasteiger partial charge is 0.225 e. The largest absolute Gasteiger partial charge is 0.337 e. The molecule has 0 aromatic rings. The third-order valence-corrected chi connectivity index (χ3v) is 2.28. The Morgan fingerprint density at radius 3 is 2.43 bits per heavy atom. The number of nitrogens with one attached hydrogen (secondary N) is 1. The molecule has 1 fully saturated rings. The summed E-state index contributed by atoms with van der Waals surface area (Å²) in [6.07, 6.45) is 0. The van der Waals surface area contributed by atoms with Crippen LogP contribution in [0.1, 0.15) is 34.6 Å². The Morgan fingerprint density at radius 2 is 2.00 bits per heavy atom. The standard InChI is InChI=1S/C9H18N2O.C2H6/c1-7(2)9(12)11-5-4-10-6-8(11)3;1-2/h7-8,10H,4-6H2,1-3H3;1-2H3/t8-;/m1./s1. The maximum atomic E-state index is 11.6. The highest BCUT2D eigenvalue weighted by molar-refractivity contribution is 5.78. The zero-order valence-electron chi connectivity index (χ0n) is 10.1. The van der Waals surface area contributed by atoms with E-state index in [-0.39, 0.29) is 11.8 Å². The van der Waals surface area contributed by atoms with Gasteiger partial charge in [-0.25, -0.2) is 0 Å². The van der Waals surface area contributed by atoms with E-state index in [1.54, 1.807) is 0 Å². The molecule has 0 bridgehead atoms. The molecule has 0 spiro atoms. The highest BCUT2D eigenvalue weighted by Crippen LogP contribution is 2.07. The summed E-state index contributed by atoms with van der Waals surface area (Å²) in [7, 11) is 0. The summed E-state index contributed by atoms with van der Waals surface area (Å²) >= 11 is 0. The number of nitrogens with zero attached hydrogens (tertiary/aromatic N) is 1. The molecule has 1 aliphatic rings. The highest BCUT2D eigenvalue weighted by Gasteiger charge is 2.24. The van der Waals surface area contributed by atoms with Crippen LogP contribution in [-0.2, 0) is 4.79 Å². The van der Waals surface area contributed by atoms with E-state index in [2.05, 4.69) is 12.2 Å². The maximum Gasteiger partial charge on any atom is 0.225 e. The second kappa shape index (κ2) is 6.82. The second-order valence-corrected chi connectivity index (χ2v) is 3.74. The summed E-state index contributed by atoms with van der Waals surface area (Å²) in [5.41, 5.74) is 0. The predicted octanol–water partition coefficient (Wildman–Crippen LogP) is 1.49. The zero-order valence-corrected chi connectivity index (χ0v) is 10.1. The summed E-state index contributed by atoms with van der Waals surface area (Å²) in [6, 6.07) is 0.355. The number of carbonyl (C=O) groups is 1. The maximum absolute atomic E-state index is 11.6. The molecule has 3 heteroatoms. The first-order valence-corrected chi connectivity index (χ1v) is 5.64. The van der Waals surface area contributed by atoms with Gasteiger partial charge in [-0.3, -0.25) is 4.79 Å². The molecule has 0 aromatic heterocycles. The molecule has 1 aliphatic heterocycles. The van der Waals surface area contributed by atoms with Crippen molar-refractivity contribution in [3.05, 3.63) is 0 Å². The van der Waals surface area contributed by atoms with Gasteiger partial charge in [0.1, 0.15) is 0 Å². The summed E-state index contributed by atoms with van der Waals surface area (Å²) in [5.74, 6) is 0.412. The van der Waals surface area contributed by atoms with Gasteiger partial charge in [-0.1, -0.05) is 27.7 Å². The molecule has 0 unspecified atom stereocenters. The molecule has 1 heterocycles. The van der Waals surface area contributed by atoms with Crippen molar-refractivity contribution in [2.24, 2.45) is 5.92 Å². The Labute approximate surface area is 87.9 Å². The van der Waals surface area contributed by atoms with Gasteiger partial charge in [-0.15, -0.1) is 0 Å². The number of hydrogen-bond donors (Lipinski definition) is 1. The van der Waals surface area contributed by atoms with Crippen molar-refractivity contribution in [1.29, 1.82) is 0 Å². The van der Waals surface area contributed by atoms with Crippen LogP contribution in [0.4, 0.5) is 0 Å². The summed E-state index contributed by atoms with van der Waals surface area (Å²) < 4.78 is 0. The van der Waals surface area contributed by atoms with Gasteiger partial charge < -0.3 is 10.2 Å². The van der Waals surface area contributed by atoms with Crippen molar-refractivity contribution < 1.29 is 4.79 Å². The van der Waals surface area contributed by atoms with Gasteiger partial charge in [-0.2, -0.15) is 0 Å². The molecule has 1 atom stereocenters. The molecular formula is C11H24N2O. The highest BCUT2D eigenvalue weighted by atomic mass is 16.2. The molecular weight excluding hydrogens is 176 g/mol. The van der Waals surface area contributed by atoms with Crippen molar-refractivity contribution >= 4 is 5.91 Å². The van der Waals surface area contributed by atoms with Gasteiger partial charge in [0.2, 0.25) is 5.91 Å². The third-order valence-electron chi connectivity index (χ3n) is 2.28. The van der Waals surface area contributed by atoms with E-state index in [9.17, 15) is 4.79 Å². The molecule has 0 aliphatic carbocycles. The lowest BCUT2D eigenvalue weighted by molar-refractivity contribution is -0.137. The van der Waals surface area contributed by atoms with E-state index in [0.717, 1.165) is 19.6 Å². The molecule has 0 aromatic carbocycles.